The fraction of sp³-hybridized carbons (Fsp3) is 0.167. The van der Waals surface area contributed by atoms with E-state index < -0.39 is 5.97 Å². The van der Waals surface area contributed by atoms with Gasteiger partial charge in [-0.3, -0.25) is 5.10 Å². The third kappa shape index (κ3) is 2.63. The van der Waals surface area contributed by atoms with E-state index in [1.54, 1.807) is 0 Å². The Morgan fingerprint density at radius 3 is 2.71 bits per heavy atom. The van der Waals surface area contributed by atoms with Crippen molar-refractivity contribution in [1.29, 1.82) is 0 Å². The minimum absolute atomic E-state index is 0.255. The molecule has 2 aromatic rings. The second-order valence-electron chi connectivity index (χ2n) is 3.66. The summed E-state index contributed by atoms with van der Waals surface area (Å²) in [7, 11) is 0. The molecule has 1 aromatic carbocycles. The van der Waals surface area contributed by atoms with E-state index in [1.807, 2.05) is 37.3 Å². The topological polar surface area (TPSA) is 81.0 Å². The smallest absolute Gasteiger partial charge is 0.357 e. The van der Waals surface area contributed by atoms with Crippen LogP contribution in [0.3, 0.4) is 0 Å². The number of esters is 1. The minimum atomic E-state index is -0.467. The number of nitrogen functional groups attached to an aromatic ring is 1. The third-order valence-electron chi connectivity index (χ3n) is 2.37. The van der Waals surface area contributed by atoms with Crippen LogP contribution in [0.1, 0.15) is 29.1 Å². The standard InChI is InChI=1S/C12H13N3O2/c1-8(9-5-3-2-4-6-9)17-12(16)10-7-11(13)15-14-10/h2-8H,1H3,(H3,13,14,15). The molecule has 5 nitrogen and oxygen atoms in total. The Bertz CT molecular complexity index is 507. The van der Waals surface area contributed by atoms with E-state index in [9.17, 15) is 4.79 Å². The molecule has 0 aliphatic rings. The molecule has 1 atom stereocenters. The van der Waals surface area contributed by atoms with Gasteiger partial charge in [-0.2, -0.15) is 5.10 Å². The summed E-state index contributed by atoms with van der Waals surface area (Å²) in [5.74, 6) is -0.199. The Labute approximate surface area is 98.6 Å². The molecule has 3 N–H and O–H groups in total. The first kappa shape index (κ1) is 11.2. The second kappa shape index (κ2) is 4.69. The molecule has 0 fully saturated rings. The Morgan fingerprint density at radius 1 is 1.41 bits per heavy atom. The molecule has 0 saturated heterocycles. The summed E-state index contributed by atoms with van der Waals surface area (Å²) >= 11 is 0. The summed E-state index contributed by atoms with van der Waals surface area (Å²) in [6, 6.07) is 11.0. The molecular formula is C12H13N3O2. The Hall–Kier alpha value is -2.30. The van der Waals surface area contributed by atoms with Crippen LogP contribution in [0, 0.1) is 0 Å². The van der Waals surface area contributed by atoms with Gasteiger partial charge in [-0.25, -0.2) is 4.79 Å². The SMILES string of the molecule is CC(OC(=O)c1cc(N)n[nH]1)c1ccccc1. The zero-order valence-corrected chi connectivity index (χ0v) is 9.38. The molecule has 1 aromatic heterocycles. The second-order valence-corrected chi connectivity index (χ2v) is 3.66. The quantitative estimate of drug-likeness (QED) is 0.790. The van der Waals surface area contributed by atoms with Gasteiger partial charge < -0.3 is 10.5 Å². The highest BCUT2D eigenvalue weighted by Crippen LogP contribution is 2.17. The number of nitrogens with two attached hydrogens (primary N) is 1. The van der Waals surface area contributed by atoms with Gasteiger partial charge in [0.25, 0.3) is 0 Å². The van der Waals surface area contributed by atoms with E-state index in [0.29, 0.717) is 0 Å². The van der Waals surface area contributed by atoms with Gasteiger partial charge in [0.05, 0.1) is 0 Å². The number of hydrogen-bond donors (Lipinski definition) is 2. The van der Waals surface area contributed by atoms with Crippen molar-refractivity contribution in [1.82, 2.24) is 10.2 Å². The van der Waals surface area contributed by atoms with E-state index >= 15 is 0 Å². The highest BCUT2D eigenvalue weighted by molar-refractivity contribution is 5.88. The molecule has 5 heteroatoms. The molecule has 0 aliphatic carbocycles. The van der Waals surface area contributed by atoms with Crippen molar-refractivity contribution in [2.45, 2.75) is 13.0 Å². The number of H-pyrrole nitrogens is 1. The molecule has 0 saturated carbocycles. The van der Waals surface area contributed by atoms with Gasteiger partial charge in [0.2, 0.25) is 0 Å². The molecule has 1 heterocycles. The largest absolute Gasteiger partial charge is 0.453 e. The minimum Gasteiger partial charge on any atom is -0.453 e. The number of hydrogen-bond acceptors (Lipinski definition) is 4. The van der Waals surface area contributed by atoms with Gasteiger partial charge in [0.1, 0.15) is 17.6 Å². The van der Waals surface area contributed by atoms with E-state index in [2.05, 4.69) is 10.2 Å². The summed E-state index contributed by atoms with van der Waals surface area (Å²) in [4.78, 5) is 11.7. The number of carbonyl (C=O) groups excluding carboxylic acids is 1. The Morgan fingerprint density at radius 2 is 2.12 bits per heavy atom. The van der Waals surface area contributed by atoms with E-state index in [4.69, 9.17) is 10.5 Å². The van der Waals surface area contributed by atoms with Gasteiger partial charge in [0.15, 0.2) is 0 Å². The predicted molar refractivity (Wildman–Crippen MR) is 63.3 cm³/mol. The first-order valence-electron chi connectivity index (χ1n) is 5.23. The van der Waals surface area contributed by atoms with E-state index in [-0.39, 0.29) is 17.6 Å². The van der Waals surface area contributed by atoms with Crippen molar-refractivity contribution in [2.75, 3.05) is 5.73 Å². The molecule has 2 rings (SSSR count). The lowest BCUT2D eigenvalue weighted by atomic mass is 10.1. The number of nitrogens with one attached hydrogen (secondary N) is 1. The zero-order valence-electron chi connectivity index (χ0n) is 9.38. The van der Waals surface area contributed by atoms with Crippen LogP contribution in [-0.4, -0.2) is 16.2 Å². The molecule has 88 valence electrons. The van der Waals surface area contributed by atoms with Crippen LogP contribution in [0.5, 0.6) is 0 Å². The molecule has 0 bridgehead atoms. The van der Waals surface area contributed by atoms with Crippen molar-refractivity contribution < 1.29 is 9.53 Å². The normalized spacial score (nSPS) is 12.1. The Kier molecular flexibility index (Phi) is 3.09. The average molecular weight is 231 g/mol. The van der Waals surface area contributed by atoms with Gasteiger partial charge >= 0.3 is 5.97 Å². The number of aromatic amines is 1. The lowest BCUT2D eigenvalue weighted by Crippen LogP contribution is -2.09. The zero-order chi connectivity index (χ0) is 12.3. The van der Waals surface area contributed by atoms with E-state index in [1.165, 1.54) is 6.07 Å². The lowest BCUT2D eigenvalue weighted by molar-refractivity contribution is 0.0331. The maximum absolute atomic E-state index is 11.7. The molecule has 0 amide bonds. The lowest BCUT2D eigenvalue weighted by Gasteiger charge is -2.12. The number of ether oxygens (including phenoxy) is 1. The highest BCUT2D eigenvalue weighted by Gasteiger charge is 2.15. The fourth-order valence-electron chi connectivity index (χ4n) is 1.46. The van der Waals surface area contributed by atoms with Crippen molar-refractivity contribution in [3.05, 3.63) is 47.7 Å². The molecule has 0 spiro atoms. The summed E-state index contributed by atoms with van der Waals surface area (Å²) in [5.41, 5.74) is 6.60. The molecule has 1 unspecified atom stereocenters. The molecule has 0 aliphatic heterocycles. The number of rotatable bonds is 3. The van der Waals surface area contributed by atoms with Crippen LogP contribution in [0.2, 0.25) is 0 Å². The first-order chi connectivity index (χ1) is 8.16. The number of anilines is 1. The Balaban J connectivity index is 2.04. The van der Waals surface area contributed by atoms with Crippen molar-refractivity contribution in [2.24, 2.45) is 0 Å². The van der Waals surface area contributed by atoms with Crippen LogP contribution in [-0.2, 0) is 4.74 Å². The fourth-order valence-corrected chi connectivity index (χ4v) is 1.46. The summed E-state index contributed by atoms with van der Waals surface area (Å²) in [6.45, 7) is 1.81. The number of aromatic nitrogens is 2. The molecular weight excluding hydrogens is 218 g/mol. The van der Waals surface area contributed by atoms with Crippen molar-refractivity contribution in [3.8, 4) is 0 Å². The number of nitrogens with zero attached hydrogens (tertiary/aromatic N) is 1. The van der Waals surface area contributed by atoms with Gasteiger partial charge in [0, 0.05) is 6.07 Å². The highest BCUT2D eigenvalue weighted by atomic mass is 16.5. The van der Waals surface area contributed by atoms with E-state index in [0.717, 1.165) is 5.56 Å². The summed E-state index contributed by atoms with van der Waals surface area (Å²) in [5, 5.41) is 6.18. The first-order valence-corrected chi connectivity index (χ1v) is 5.23. The maximum atomic E-state index is 11.7. The number of benzene rings is 1. The van der Waals surface area contributed by atoms with Crippen LogP contribution < -0.4 is 5.73 Å². The van der Waals surface area contributed by atoms with Crippen LogP contribution in [0.15, 0.2) is 36.4 Å². The maximum Gasteiger partial charge on any atom is 0.357 e. The van der Waals surface area contributed by atoms with Crippen molar-refractivity contribution >= 4 is 11.8 Å². The predicted octanol–water partition coefficient (Wildman–Crippen LogP) is 1.91. The van der Waals surface area contributed by atoms with Gasteiger partial charge in [-0.15, -0.1) is 0 Å². The number of carbonyl (C=O) groups is 1. The summed E-state index contributed by atoms with van der Waals surface area (Å²) < 4.78 is 5.27. The van der Waals surface area contributed by atoms with Crippen LogP contribution >= 0.6 is 0 Å². The molecule has 17 heavy (non-hydrogen) atoms. The average Bonchev–Trinajstić information content (AvgIpc) is 2.77. The van der Waals surface area contributed by atoms with Crippen molar-refractivity contribution in [3.63, 3.8) is 0 Å². The molecule has 0 radical (unpaired) electrons. The monoisotopic (exact) mass is 231 g/mol. The van der Waals surface area contributed by atoms with Crippen LogP contribution in [0.4, 0.5) is 5.82 Å². The van der Waals surface area contributed by atoms with Crippen LogP contribution in [0.25, 0.3) is 0 Å². The summed E-state index contributed by atoms with van der Waals surface area (Å²) in [6.07, 6.45) is -0.312. The van der Waals surface area contributed by atoms with Gasteiger partial charge in [-0.1, -0.05) is 30.3 Å². The van der Waals surface area contributed by atoms with Gasteiger partial charge in [-0.05, 0) is 12.5 Å². The third-order valence-corrected chi connectivity index (χ3v) is 2.37.